The molecule has 176 valence electrons. The molecule has 2 aliphatic rings. The largest absolute Gasteiger partial charge is 0.496 e. The van der Waals surface area contributed by atoms with Crippen LogP contribution in [0.2, 0.25) is 0 Å². The summed E-state index contributed by atoms with van der Waals surface area (Å²) in [5, 5.41) is 0. The minimum atomic E-state index is -0.651. The molecule has 0 radical (unpaired) electrons. The number of ether oxygens (including phenoxy) is 4. The molecule has 0 aromatic heterocycles. The Morgan fingerprint density at radius 1 is 0.697 bits per heavy atom. The van der Waals surface area contributed by atoms with E-state index in [1.54, 1.807) is 14.2 Å². The number of hydrogen-bond donors (Lipinski definition) is 0. The van der Waals surface area contributed by atoms with Crippen LogP contribution in [-0.4, -0.2) is 37.2 Å². The number of benzene rings is 2. The third-order valence-corrected chi connectivity index (χ3v) is 6.47. The number of aliphatic imine (C=N–C) groups is 2. The topological polar surface area (TPSA) is 61.6 Å². The second kappa shape index (κ2) is 8.08. The summed E-state index contributed by atoms with van der Waals surface area (Å²) in [6.07, 6.45) is 0. The molecule has 0 saturated carbocycles. The van der Waals surface area contributed by atoms with E-state index in [1.165, 1.54) is 0 Å². The van der Waals surface area contributed by atoms with Crippen LogP contribution in [0.4, 0.5) is 0 Å². The van der Waals surface area contributed by atoms with E-state index >= 15 is 0 Å². The molecule has 2 aromatic carbocycles. The fourth-order valence-electron chi connectivity index (χ4n) is 4.55. The fourth-order valence-corrected chi connectivity index (χ4v) is 4.55. The molecule has 0 spiro atoms. The van der Waals surface area contributed by atoms with Crippen LogP contribution < -0.4 is 9.47 Å². The molecule has 2 aromatic rings. The molecule has 0 bridgehead atoms. The Hall–Kier alpha value is -3.02. The van der Waals surface area contributed by atoms with Gasteiger partial charge in [0.05, 0.1) is 14.2 Å². The van der Waals surface area contributed by atoms with E-state index in [2.05, 4.69) is 27.7 Å². The van der Waals surface area contributed by atoms with Gasteiger partial charge in [-0.3, -0.25) is 0 Å². The first-order valence-corrected chi connectivity index (χ1v) is 11.3. The van der Waals surface area contributed by atoms with Gasteiger partial charge in [0.25, 0.3) is 0 Å². The second-order valence-corrected chi connectivity index (χ2v) is 10.2. The fraction of sp³-hybridized carbons (Fsp3) is 0.481. The van der Waals surface area contributed by atoms with Crippen LogP contribution in [-0.2, 0) is 9.47 Å². The first-order chi connectivity index (χ1) is 15.5. The standard InChI is InChI=1S/C27H34N2O4/c1-25(2,23-28-21(26(3,4)32-23)17-13-9-11-15-19(17)30-7)24-29-22(27(5,6)33-24)18-14-10-12-16-20(18)31-8/h9-16,21-22H,1-8H3/t21-,22-/m1/s1. The molecule has 6 nitrogen and oxygen atoms in total. The second-order valence-electron chi connectivity index (χ2n) is 10.2. The summed E-state index contributed by atoms with van der Waals surface area (Å²) in [6, 6.07) is 15.5. The van der Waals surface area contributed by atoms with Crippen molar-refractivity contribution in [2.75, 3.05) is 14.2 Å². The summed E-state index contributed by atoms with van der Waals surface area (Å²) in [5.74, 6) is 2.82. The highest BCUT2D eigenvalue weighted by Gasteiger charge is 2.52. The molecule has 0 unspecified atom stereocenters. The van der Waals surface area contributed by atoms with Crippen molar-refractivity contribution in [2.45, 2.75) is 64.8 Å². The summed E-state index contributed by atoms with van der Waals surface area (Å²) in [6.45, 7) is 12.3. The Morgan fingerprint density at radius 2 is 1.06 bits per heavy atom. The normalized spacial score (nSPS) is 23.3. The quantitative estimate of drug-likeness (QED) is 0.547. The Labute approximate surface area is 196 Å². The van der Waals surface area contributed by atoms with Crippen molar-refractivity contribution < 1.29 is 18.9 Å². The van der Waals surface area contributed by atoms with Crippen LogP contribution in [0, 0.1) is 5.41 Å². The van der Waals surface area contributed by atoms with Gasteiger partial charge in [-0.15, -0.1) is 0 Å². The van der Waals surface area contributed by atoms with Crippen LogP contribution in [0.5, 0.6) is 11.5 Å². The van der Waals surface area contributed by atoms with Gasteiger partial charge < -0.3 is 18.9 Å². The molecule has 4 rings (SSSR count). The average Bonchev–Trinajstić information content (AvgIpc) is 3.29. The van der Waals surface area contributed by atoms with E-state index in [9.17, 15) is 0 Å². The van der Waals surface area contributed by atoms with Gasteiger partial charge in [0.2, 0.25) is 0 Å². The van der Waals surface area contributed by atoms with Crippen molar-refractivity contribution in [3.63, 3.8) is 0 Å². The van der Waals surface area contributed by atoms with Crippen molar-refractivity contribution in [1.29, 1.82) is 0 Å². The Balaban J connectivity index is 1.72. The lowest BCUT2D eigenvalue weighted by Crippen LogP contribution is -2.39. The molecule has 0 fully saturated rings. The number of rotatable bonds is 6. The third kappa shape index (κ3) is 3.96. The summed E-state index contributed by atoms with van der Waals surface area (Å²) in [5.41, 5.74) is 0.257. The molecule has 2 atom stereocenters. The monoisotopic (exact) mass is 450 g/mol. The summed E-state index contributed by atoms with van der Waals surface area (Å²) < 4.78 is 24.1. The first kappa shape index (κ1) is 23.1. The predicted molar refractivity (Wildman–Crippen MR) is 130 cm³/mol. The molecule has 0 N–H and O–H groups in total. The van der Waals surface area contributed by atoms with Crippen LogP contribution in [0.1, 0.15) is 64.8 Å². The minimum Gasteiger partial charge on any atom is -0.496 e. The van der Waals surface area contributed by atoms with Gasteiger partial charge in [-0.25, -0.2) is 9.98 Å². The Morgan fingerprint density at radius 3 is 1.42 bits per heavy atom. The van der Waals surface area contributed by atoms with Gasteiger partial charge in [0.15, 0.2) is 11.8 Å². The number of hydrogen-bond acceptors (Lipinski definition) is 6. The zero-order valence-corrected chi connectivity index (χ0v) is 20.8. The van der Waals surface area contributed by atoms with Crippen molar-refractivity contribution in [2.24, 2.45) is 15.4 Å². The highest BCUT2D eigenvalue weighted by atomic mass is 16.5. The predicted octanol–water partition coefficient (Wildman–Crippen LogP) is 5.93. The number of methoxy groups -OCH3 is 2. The maximum absolute atomic E-state index is 6.46. The lowest BCUT2D eigenvalue weighted by Gasteiger charge is -2.31. The van der Waals surface area contributed by atoms with Gasteiger partial charge in [0, 0.05) is 11.1 Å². The molecule has 0 aliphatic carbocycles. The van der Waals surface area contributed by atoms with E-state index in [4.69, 9.17) is 28.9 Å². The van der Waals surface area contributed by atoms with Crippen molar-refractivity contribution in [1.82, 2.24) is 0 Å². The summed E-state index contributed by atoms with van der Waals surface area (Å²) in [4.78, 5) is 10.1. The average molecular weight is 451 g/mol. The molecule has 33 heavy (non-hydrogen) atoms. The highest BCUT2D eigenvalue weighted by molar-refractivity contribution is 6.06. The Kier molecular flexibility index (Phi) is 5.67. The SMILES string of the molecule is COc1ccccc1[C@H]1N=C(C(C)(C)C2=N[C@H](c3ccccc3OC)C(C)(C)O2)OC1(C)C. The number of para-hydroxylation sites is 2. The number of nitrogens with zero attached hydrogens (tertiary/aromatic N) is 2. The lowest BCUT2D eigenvalue weighted by molar-refractivity contribution is 0.0726. The molecular formula is C27H34N2O4. The van der Waals surface area contributed by atoms with E-state index in [0.29, 0.717) is 11.8 Å². The molecule has 2 heterocycles. The smallest absolute Gasteiger partial charge is 0.199 e. The highest BCUT2D eigenvalue weighted by Crippen LogP contribution is 2.48. The Bertz CT molecular complexity index is 1020. The molecular weight excluding hydrogens is 416 g/mol. The van der Waals surface area contributed by atoms with E-state index in [1.807, 2.05) is 62.4 Å². The van der Waals surface area contributed by atoms with Crippen LogP contribution in [0.15, 0.2) is 58.5 Å². The maximum Gasteiger partial charge on any atom is 0.199 e. The van der Waals surface area contributed by atoms with Gasteiger partial charge in [-0.05, 0) is 53.7 Å². The van der Waals surface area contributed by atoms with Crippen LogP contribution >= 0.6 is 0 Å². The van der Waals surface area contributed by atoms with Crippen molar-refractivity contribution in [3.05, 3.63) is 59.7 Å². The van der Waals surface area contributed by atoms with E-state index in [0.717, 1.165) is 22.6 Å². The van der Waals surface area contributed by atoms with E-state index < -0.39 is 16.6 Å². The van der Waals surface area contributed by atoms with Crippen LogP contribution in [0.25, 0.3) is 0 Å². The van der Waals surface area contributed by atoms with Crippen LogP contribution in [0.3, 0.4) is 0 Å². The summed E-state index contributed by atoms with van der Waals surface area (Å²) >= 11 is 0. The molecule has 2 aliphatic heterocycles. The maximum atomic E-state index is 6.46. The van der Waals surface area contributed by atoms with Gasteiger partial charge in [-0.2, -0.15) is 0 Å². The molecule has 6 heteroatoms. The zero-order chi connectivity index (χ0) is 24.0. The van der Waals surface area contributed by atoms with Gasteiger partial charge >= 0.3 is 0 Å². The lowest BCUT2D eigenvalue weighted by atomic mass is 9.92. The van der Waals surface area contributed by atoms with Gasteiger partial charge in [-0.1, -0.05) is 36.4 Å². The van der Waals surface area contributed by atoms with Crippen molar-refractivity contribution >= 4 is 11.8 Å². The molecule has 0 amide bonds. The zero-order valence-electron chi connectivity index (χ0n) is 20.8. The van der Waals surface area contributed by atoms with E-state index in [-0.39, 0.29) is 12.1 Å². The summed E-state index contributed by atoms with van der Waals surface area (Å²) in [7, 11) is 3.36. The first-order valence-electron chi connectivity index (χ1n) is 11.3. The molecule has 0 saturated heterocycles. The third-order valence-electron chi connectivity index (χ3n) is 6.47. The minimum absolute atomic E-state index is 0.206. The van der Waals surface area contributed by atoms with Crippen molar-refractivity contribution in [3.8, 4) is 11.5 Å². The van der Waals surface area contributed by atoms with Gasteiger partial charge in [0.1, 0.15) is 40.2 Å².